The number of rotatable bonds is 7. The summed E-state index contributed by atoms with van der Waals surface area (Å²) >= 11 is 0. The van der Waals surface area contributed by atoms with Crippen molar-refractivity contribution in [1.29, 1.82) is 5.41 Å². The fourth-order valence-electron chi connectivity index (χ4n) is 5.60. The standard InChI is InChI=1S/C33H39N5O3/c1-33(2,3)41-32(40)37-27-14-12-26(13-15-27)36-31(39)29-19-24-10-11-25(30(34)35)20-28(24)38(29)17-16-21-8-9-22-6-4-5-7-23(22)18-21/h4-11,18-20,26-27H,12-17H2,1-3H3,(H3,34,35)(H,36,39)(H,37,40)/t26-,27-. The van der Waals surface area contributed by atoms with Crippen LogP contribution in [-0.4, -0.2) is 40.1 Å². The summed E-state index contributed by atoms with van der Waals surface area (Å²) in [5.74, 6) is -0.121. The number of hydrogen-bond acceptors (Lipinski definition) is 4. The number of nitrogens with two attached hydrogens (primary N) is 1. The van der Waals surface area contributed by atoms with Crippen molar-refractivity contribution in [1.82, 2.24) is 15.2 Å². The number of fused-ring (bicyclic) bond motifs is 2. The van der Waals surface area contributed by atoms with E-state index in [1.807, 2.05) is 61.7 Å². The Labute approximate surface area is 240 Å². The number of nitrogen functional groups attached to an aromatic ring is 1. The molecule has 0 atom stereocenters. The Morgan fingerprint density at radius 3 is 2.24 bits per heavy atom. The van der Waals surface area contributed by atoms with E-state index in [1.165, 1.54) is 16.3 Å². The molecular formula is C33H39N5O3. The van der Waals surface area contributed by atoms with Gasteiger partial charge in [-0.05, 0) is 81.3 Å². The zero-order valence-electron chi connectivity index (χ0n) is 24.0. The molecule has 4 aromatic rings. The number of nitrogens with one attached hydrogen (secondary N) is 3. The van der Waals surface area contributed by atoms with E-state index in [9.17, 15) is 9.59 Å². The third-order valence-electron chi connectivity index (χ3n) is 7.67. The molecule has 1 heterocycles. The normalized spacial score (nSPS) is 17.3. The number of ether oxygens (including phenoxy) is 1. The molecule has 3 aromatic carbocycles. The van der Waals surface area contributed by atoms with Gasteiger partial charge in [-0.2, -0.15) is 0 Å². The number of aromatic nitrogens is 1. The molecule has 0 radical (unpaired) electrons. The second-order valence-electron chi connectivity index (χ2n) is 12.0. The lowest BCUT2D eigenvalue weighted by molar-refractivity contribution is 0.0488. The van der Waals surface area contributed by atoms with Gasteiger partial charge < -0.3 is 25.7 Å². The van der Waals surface area contributed by atoms with E-state index in [0.717, 1.165) is 43.0 Å². The van der Waals surface area contributed by atoms with Gasteiger partial charge in [0.2, 0.25) is 0 Å². The van der Waals surface area contributed by atoms with Crippen LogP contribution in [0.2, 0.25) is 0 Å². The van der Waals surface area contributed by atoms with E-state index < -0.39 is 11.7 Å². The van der Waals surface area contributed by atoms with E-state index in [4.69, 9.17) is 15.9 Å². The molecule has 0 unspecified atom stereocenters. The molecular weight excluding hydrogens is 514 g/mol. The predicted octanol–water partition coefficient (Wildman–Crippen LogP) is 5.89. The van der Waals surface area contributed by atoms with Crippen LogP contribution in [0.3, 0.4) is 0 Å². The van der Waals surface area contributed by atoms with Gasteiger partial charge >= 0.3 is 6.09 Å². The molecule has 0 aliphatic heterocycles. The van der Waals surface area contributed by atoms with Crippen LogP contribution in [-0.2, 0) is 17.7 Å². The second kappa shape index (κ2) is 11.6. The van der Waals surface area contributed by atoms with Crippen molar-refractivity contribution in [2.24, 2.45) is 5.73 Å². The molecule has 5 rings (SSSR count). The average molecular weight is 554 g/mol. The first-order chi connectivity index (χ1) is 19.6. The van der Waals surface area contributed by atoms with Gasteiger partial charge in [0.15, 0.2) is 0 Å². The van der Waals surface area contributed by atoms with Crippen molar-refractivity contribution in [3.05, 3.63) is 83.6 Å². The quantitative estimate of drug-likeness (QED) is 0.168. The molecule has 1 fully saturated rings. The number of nitrogens with zero attached hydrogens (tertiary/aromatic N) is 1. The fourth-order valence-corrected chi connectivity index (χ4v) is 5.60. The van der Waals surface area contributed by atoms with Crippen LogP contribution in [0.4, 0.5) is 4.79 Å². The summed E-state index contributed by atoms with van der Waals surface area (Å²) in [4.78, 5) is 25.8. The number of alkyl carbamates (subject to hydrolysis) is 1. The maximum atomic E-state index is 13.6. The van der Waals surface area contributed by atoms with E-state index >= 15 is 0 Å². The fraction of sp³-hybridized carbons (Fsp3) is 0.364. The molecule has 0 spiro atoms. The molecule has 214 valence electrons. The Morgan fingerprint density at radius 2 is 1.56 bits per heavy atom. The Bertz CT molecular complexity index is 1590. The van der Waals surface area contributed by atoms with Crippen LogP contribution in [0.1, 0.15) is 68.1 Å². The lowest BCUT2D eigenvalue weighted by Gasteiger charge is -2.30. The van der Waals surface area contributed by atoms with Crippen molar-refractivity contribution in [3.63, 3.8) is 0 Å². The number of aryl methyl sites for hydroxylation is 2. The summed E-state index contributed by atoms with van der Waals surface area (Å²) in [6.45, 7) is 6.15. The van der Waals surface area contributed by atoms with Gasteiger partial charge in [-0.25, -0.2) is 4.79 Å². The third kappa shape index (κ3) is 6.88. The Kier molecular flexibility index (Phi) is 8.01. The van der Waals surface area contributed by atoms with E-state index in [1.54, 1.807) is 0 Å². The molecule has 1 aromatic heterocycles. The van der Waals surface area contributed by atoms with E-state index in [0.29, 0.717) is 17.8 Å². The number of amides is 2. The first-order valence-electron chi connectivity index (χ1n) is 14.3. The maximum Gasteiger partial charge on any atom is 0.407 e. The first-order valence-corrected chi connectivity index (χ1v) is 14.3. The molecule has 1 aliphatic rings. The van der Waals surface area contributed by atoms with Crippen LogP contribution < -0.4 is 16.4 Å². The Balaban J connectivity index is 1.31. The lowest BCUT2D eigenvalue weighted by atomic mass is 9.91. The SMILES string of the molecule is CC(C)(C)OC(=O)N[C@H]1CC[C@H](NC(=O)c2cc3ccc(C(=N)N)cc3n2CCc2ccc3ccccc3c2)CC1. The van der Waals surface area contributed by atoms with Crippen LogP contribution in [0, 0.1) is 5.41 Å². The molecule has 8 heteroatoms. The molecule has 8 nitrogen and oxygen atoms in total. The summed E-state index contributed by atoms with van der Waals surface area (Å²) in [5.41, 5.74) is 8.56. The highest BCUT2D eigenvalue weighted by Crippen LogP contribution is 2.25. The number of carbonyl (C=O) groups excluding carboxylic acids is 2. The van der Waals surface area contributed by atoms with Crippen molar-refractivity contribution in [2.45, 2.75) is 77.1 Å². The number of benzene rings is 3. The third-order valence-corrected chi connectivity index (χ3v) is 7.67. The summed E-state index contributed by atoms with van der Waals surface area (Å²) in [6.07, 6.45) is 3.45. The topological polar surface area (TPSA) is 122 Å². The van der Waals surface area contributed by atoms with E-state index in [-0.39, 0.29) is 23.8 Å². The van der Waals surface area contributed by atoms with Crippen LogP contribution in [0.5, 0.6) is 0 Å². The van der Waals surface area contributed by atoms with Crippen LogP contribution >= 0.6 is 0 Å². The Morgan fingerprint density at radius 1 is 0.902 bits per heavy atom. The van der Waals surface area contributed by atoms with Crippen LogP contribution in [0.15, 0.2) is 66.7 Å². The minimum absolute atomic E-state index is 0.00284. The summed E-state index contributed by atoms with van der Waals surface area (Å²) in [6, 6.07) is 22.4. The highest BCUT2D eigenvalue weighted by molar-refractivity contribution is 6.02. The van der Waals surface area contributed by atoms with Gasteiger partial charge in [-0.15, -0.1) is 0 Å². The van der Waals surface area contributed by atoms with E-state index in [2.05, 4.69) is 41.0 Å². The minimum Gasteiger partial charge on any atom is -0.444 e. The molecule has 5 N–H and O–H groups in total. The summed E-state index contributed by atoms with van der Waals surface area (Å²) in [5, 5.41) is 17.4. The molecule has 2 amide bonds. The van der Waals surface area contributed by atoms with Gasteiger partial charge in [0, 0.05) is 35.1 Å². The highest BCUT2D eigenvalue weighted by Gasteiger charge is 2.27. The van der Waals surface area contributed by atoms with Crippen molar-refractivity contribution in [3.8, 4) is 0 Å². The molecule has 1 saturated carbocycles. The Hall–Kier alpha value is -4.33. The summed E-state index contributed by atoms with van der Waals surface area (Å²) < 4.78 is 7.43. The average Bonchev–Trinajstić information content (AvgIpc) is 3.29. The van der Waals surface area contributed by atoms with Gasteiger partial charge in [0.05, 0.1) is 0 Å². The van der Waals surface area contributed by atoms with Gasteiger partial charge in [-0.1, -0.05) is 54.6 Å². The van der Waals surface area contributed by atoms with Crippen molar-refractivity contribution < 1.29 is 14.3 Å². The van der Waals surface area contributed by atoms with Gasteiger partial charge in [0.1, 0.15) is 17.1 Å². The zero-order chi connectivity index (χ0) is 29.1. The second-order valence-corrected chi connectivity index (χ2v) is 12.0. The minimum atomic E-state index is -0.535. The molecule has 1 aliphatic carbocycles. The first kappa shape index (κ1) is 28.2. The zero-order valence-corrected chi connectivity index (χ0v) is 24.0. The number of hydrogen-bond donors (Lipinski definition) is 4. The smallest absolute Gasteiger partial charge is 0.407 e. The maximum absolute atomic E-state index is 13.6. The van der Waals surface area contributed by atoms with Gasteiger partial charge in [0.25, 0.3) is 5.91 Å². The summed E-state index contributed by atoms with van der Waals surface area (Å²) in [7, 11) is 0. The largest absolute Gasteiger partial charge is 0.444 e. The molecule has 0 bridgehead atoms. The monoisotopic (exact) mass is 553 g/mol. The molecule has 41 heavy (non-hydrogen) atoms. The van der Waals surface area contributed by atoms with Gasteiger partial charge in [-0.3, -0.25) is 10.2 Å². The highest BCUT2D eigenvalue weighted by atomic mass is 16.6. The van der Waals surface area contributed by atoms with Crippen molar-refractivity contribution >= 4 is 39.5 Å². The molecule has 0 saturated heterocycles. The number of amidine groups is 1. The van der Waals surface area contributed by atoms with Crippen molar-refractivity contribution in [2.75, 3.05) is 0 Å². The predicted molar refractivity (Wildman–Crippen MR) is 163 cm³/mol. The van der Waals surface area contributed by atoms with Crippen LogP contribution in [0.25, 0.3) is 21.7 Å². The lowest BCUT2D eigenvalue weighted by Crippen LogP contribution is -2.45. The number of carbonyl (C=O) groups is 2.